The Kier molecular flexibility index (Phi) is 5.54. The van der Waals surface area contributed by atoms with Gasteiger partial charge in [-0.15, -0.1) is 0 Å². The first-order chi connectivity index (χ1) is 11.7. The molecule has 132 valence electrons. The Balaban J connectivity index is 1.79. The normalized spacial score (nSPS) is 29.8. The average Bonchev–Trinajstić information content (AvgIpc) is 2.64. The summed E-state index contributed by atoms with van der Waals surface area (Å²) in [6.45, 7) is 0.197. The number of carbonyl (C=O) groups excluding carboxylic acids is 1. The van der Waals surface area contributed by atoms with Crippen LogP contribution >= 0.6 is 0 Å². The number of rotatable bonds is 4. The molecule has 2 fully saturated rings. The van der Waals surface area contributed by atoms with E-state index >= 15 is 0 Å². The van der Waals surface area contributed by atoms with E-state index in [-0.39, 0.29) is 18.6 Å². The van der Waals surface area contributed by atoms with Crippen LogP contribution in [0.1, 0.15) is 44.1 Å². The lowest BCUT2D eigenvalue weighted by atomic mass is 9.68. The zero-order valence-electron chi connectivity index (χ0n) is 14.0. The molecule has 3 rings (SSSR count). The number of carbonyl (C=O) groups is 1. The van der Waals surface area contributed by atoms with Crippen LogP contribution in [0.3, 0.4) is 0 Å². The molecule has 0 bridgehead atoms. The van der Waals surface area contributed by atoms with Gasteiger partial charge in [0, 0.05) is 6.61 Å². The topological polar surface area (TPSA) is 78.8 Å². The van der Waals surface area contributed by atoms with Crippen molar-refractivity contribution in [2.45, 2.75) is 62.2 Å². The third-order valence-electron chi connectivity index (χ3n) is 5.52. The van der Waals surface area contributed by atoms with E-state index in [1.165, 1.54) is 0 Å². The van der Waals surface area contributed by atoms with Crippen LogP contribution in [-0.4, -0.2) is 47.6 Å². The Morgan fingerprint density at radius 1 is 1.21 bits per heavy atom. The molecule has 1 aromatic carbocycles. The van der Waals surface area contributed by atoms with E-state index < -0.39 is 17.6 Å². The van der Waals surface area contributed by atoms with E-state index in [9.17, 15) is 15.0 Å². The molecule has 0 unspecified atom stereocenters. The van der Waals surface area contributed by atoms with Crippen LogP contribution in [0.25, 0.3) is 0 Å². The molecular formula is C19H27NO4. The predicted octanol–water partition coefficient (Wildman–Crippen LogP) is 1.52. The van der Waals surface area contributed by atoms with Crippen LogP contribution in [0.5, 0.6) is 0 Å². The van der Waals surface area contributed by atoms with E-state index in [0.29, 0.717) is 13.0 Å². The molecule has 2 aliphatic rings. The number of ether oxygens (including phenoxy) is 1. The van der Waals surface area contributed by atoms with Crippen molar-refractivity contribution < 1.29 is 19.7 Å². The fraction of sp³-hybridized carbons (Fsp3) is 0.632. The summed E-state index contributed by atoms with van der Waals surface area (Å²) in [5, 5.41) is 22.7. The summed E-state index contributed by atoms with van der Waals surface area (Å²) in [6.07, 6.45) is 3.99. The molecule has 1 aliphatic heterocycles. The number of aliphatic hydroxyl groups excluding tert-OH is 2. The average molecular weight is 333 g/mol. The van der Waals surface area contributed by atoms with Crippen LogP contribution in [0.4, 0.5) is 0 Å². The van der Waals surface area contributed by atoms with E-state index in [2.05, 4.69) is 5.32 Å². The lowest BCUT2D eigenvalue weighted by Crippen LogP contribution is -2.58. The highest BCUT2D eigenvalue weighted by Gasteiger charge is 2.43. The summed E-state index contributed by atoms with van der Waals surface area (Å²) in [7, 11) is 0. The predicted molar refractivity (Wildman–Crippen MR) is 90.6 cm³/mol. The van der Waals surface area contributed by atoms with Crippen molar-refractivity contribution in [3.05, 3.63) is 35.9 Å². The van der Waals surface area contributed by atoms with Crippen molar-refractivity contribution in [3.8, 4) is 0 Å². The summed E-state index contributed by atoms with van der Waals surface area (Å²) in [6, 6.07) is 9.61. The van der Waals surface area contributed by atoms with Gasteiger partial charge in [-0.3, -0.25) is 4.79 Å². The summed E-state index contributed by atoms with van der Waals surface area (Å²) >= 11 is 0. The smallest absolute Gasteiger partial charge is 0.230 e. The van der Waals surface area contributed by atoms with Crippen molar-refractivity contribution in [1.29, 1.82) is 0 Å². The Bertz CT molecular complexity index is 542. The maximum Gasteiger partial charge on any atom is 0.230 e. The number of benzene rings is 1. The highest BCUT2D eigenvalue weighted by molar-refractivity contribution is 5.88. The van der Waals surface area contributed by atoms with Gasteiger partial charge in [0.25, 0.3) is 0 Å². The molecule has 1 heterocycles. The number of amides is 1. The Morgan fingerprint density at radius 2 is 1.92 bits per heavy atom. The van der Waals surface area contributed by atoms with Crippen molar-refractivity contribution in [3.63, 3.8) is 0 Å². The van der Waals surface area contributed by atoms with Gasteiger partial charge in [0.15, 0.2) is 0 Å². The molecule has 1 aliphatic carbocycles. The maximum atomic E-state index is 13.2. The lowest BCUT2D eigenvalue weighted by Gasteiger charge is -2.40. The van der Waals surface area contributed by atoms with Gasteiger partial charge in [0.2, 0.25) is 5.91 Å². The molecule has 1 aromatic rings. The summed E-state index contributed by atoms with van der Waals surface area (Å²) < 4.78 is 5.36. The molecule has 0 aromatic heterocycles. The second-order valence-corrected chi connectivity index (χ2v) is 6.96. The van der Waals surface area contributed by atoms with Crippen LogP contribution in [0.15, 0.2) is 30.3 Å². The van der Waals surface area contributed by atoms with Gasteiger partial charge in [-0.1, -0.05) is 49.6 Å². The SMILES string of the molecule is O=C(N[C@H]1CCO[C@H](CO)[C@H]1O)C1(c2ccccc2)CCCCC1. The third-order valence-corrected chi connectivity index (χ3v) is 5.52. The number of hydrogen-bond donors (Lipinski definition) is 3. The van der Waals surface area contributed by atoms with Crippen LogP contribution in [-0.2, 0) is 14.9 Å². The molecule has 3 atom stereocenters. The van der Waals surface area contributed by atoms with Gasteiger partial charge in [0.1, 0.15) is 12.2 Å². The van der Waals surface area contributed by atoms with Crippen molar-refractivity contribution in [2.75, 3.05) is 13.2 Å². The minimum absolute atomic E-state index is 0.00367. The molecule has 0 radical (unpaired) electrons. The molecule has 1 saturated heterocycles. The lowest BCUT2D eigenvalue weighted by molar-refractivity contribution is -0.137. The molecule has 1 amide bonds. The standard InChI is InChI=1S/C19H27NO4/c21-13-16-17(22)15(9-12-24-16)20-18(23)19(10-5-2-6-11-19)14-7-3-1-4-8-14/h1,3-4,7-8,15-17,21-22H,2,5-6,9-13H2,(H,20,23)/t15-,16+,17-/m0/s1. The van der Waals surface area contributed by atoms with Crippen molar-refractivity contribution in [2.24, 2.45) is 0 Å². The van der Waals surface area contributed by atoms with Crippen LogP contribution in [0.2, 0.25) is 0 Å². The first kappa shape index (κ1) is 17.4. The van der Waals surface area contributed by atoms with Gasteiger partial charge in [-0.05, 0) is 24.8 Å². The van der Waals surface area contributed by atoms with E-state index in [4.69, 9.17) is 4.74 Å². The largest absolute Gasteiger partial charge is 0.394 e. The molecule has 1 saturated carbocycles. The minimum Gasteiger partial charge on any atom is -0.394 e. The maximum absolute atomic E-state index is 13.2. The van der Waals surface area contributed by atoms with Crippen LogP contribution < -0.4 is 5.32 Å². The molecule has 0 spiro atoms. The van der Waals surface area contributed by atoms with Crippen molar-refractivity contribution >= 4 is 5.91 Å². The fourth-order valence-corrected chi connectivity index (χ4v) is 4.06. The summed E-state index contributed by atoms with van der Waals surface area (Å²) in [4.78, 5) is 13.2. The van der Waals surface area contributed by atoms with Gasteiger partial charge in [0.05, 0.1) is 18.1 Å². The van der Waals surface area contributed by atoms with Crippen molar-refractivity contribution in [1.82, 2.24) is 5.32 Å². The number of nitrogens with one attached hydrogen (secondary N) is 1. The second kappa shape index (κ2) is 7.64. The zero-order chi connectivity index (χ0) is 17.0. The quantitative estimate of drug-likeness (QED) is 0.780. The number of hydrogen-bond acceptors (Lipinski definition) is 4. The fourth-order valence-electron chi connectivity index (χ4n) is 4.06. The summed E-state index contributed by atoms with van der Waals surface area (Å²) in [5.41, 5.74) is 0.550. The molecular weight excluding hydrogens is 306 g/mol. The van der Waals surface area contributed by atoms with E-state index in [1.54, 1.807) is 0 Å². The van der Waals surface area contributed by atoms with Crippen LogP contribution in [0, 0.1) is 0 Å². The first-order valence-corrected chi connectivity index (χ1v) is 8.94. The highest BCUT2D eigenvalue weighted by atomic mass is 16.5. The summed E-state index contributed by atoms with van der Waals surface area (Å²) in [5.74, 6) is -0.00367. The third kappa shape index (κ3) is 3.34. The van der Waals surface area contributed by atoms with E-state index in [1.807, 2.05) is 30.3 Å². The number of aliphatic hydroxyl groups is 2. The first-order valence-electron chi connectivity index (χ1n) is 8.94. The molecule has 5 heteroatoms. The highest BCUT2D eigenvalue weighted by Crippen LogP contribution is 2.40. The minimum atomic E-state index is -0.871. The second-order valence-electron chi connectivity index (χ2n) is 6.96. The zero-order valence-corrected chi connectivity index (χ0v) is 14.0. The van der Waals surface area contributed by atoms with Gasteiger partial charge < -0.3 is 20.3 Å². The Hall–Kier alpha value is -1.43. The van der Waals surface area contributed by atoms with Gasteiger partial charge in [-0.2, -0.15) is 0 Å². The van der Waals surface area contributed by atoms with Gasteiger partial charge >= 0.3 is 0 Å². The Morgan fingerprint density at radius 3 is 2.58 bits per heavy atom. The van der Waals surface area contributed by atoms with E-state index in [0.717, 1.165) is 37.7 Å². The molecule has 5 nitrogen and oxygen atoms in total. The Labute approximate surface area is 143 Å². The monoisotopic (exact) mass is 333 g/mol. The molecule has 24 heavy (non-hydrogen) atoms. The van der Waals surface area contributed by atoms with Gasteiger partial charge in [-0.25, -0.2) is 0 Å². The molecule has 3 N–H and O–H groups in total.